The van der Waals surface area contributed by atoms with Crippen LogP contribution in [0.2, 0.25) is 0 Å². The van der Waals surface area contributed by atoms with Crippen molar-refractivity contribution < 1.29 is 4.79 Å². The standard InChI is InChI=1S/C13H18O.C12H18.2C10H21N.C9H19N.C8H19N.CH4/c1-10(14)12-7-5-6-11(8-12)9-13(2,3)4;1-12(2,3)10-9-11-7-5-4-6-8-11;1-9-5-7-11(8-6-9)10(2,3)4;1-10(2,3)11-8-6-4-5-7-9-11;1-9(2,3)10-7-5-4-6-8-10;1-6-9(7-2)8(3,4)5;/h5-8H,9H2,1-4H3;4-8H,9-10H2,1-3H3;9H,5-8H2,1-4H3;4-9H2,1-3H3;4-8H2,1-3H3;6-7H2,1-5H3;1H4. The van der Waals surface area contributed by atoms with Gasteiger partial charge in [-0.2, -0.15) is 0 Å². The quantitative estimate of drug-likeness (QED) is 0.269. The summed E-state index contributed by atoms with van der Waals surface area (Å²) in [5.74, 6) is 1.09. The summed E-state index contributed by atoms with van der Waals surface area (Å²) in [5, 5.41) is 0. The third-order valence-electron chi connectivity index (χ3n) is 13.4. The van der Waals surface area contributed by atoms with Gasteiger partial charge in [0.1, 0.15) is 0 Å². The molecule has 0 amide bonds. The minimum Gasteiger partial charge on any atom is -0.299 e. The van der Waals surface area contributed by atoms with Crippen LogP contribution >= 0.6 is 0 Å². The molecule has 3 fully saturated rings. The van der Waals surface area contributed by atoms with E-state index in [2.05, 4.69) is 201 Å². The predicted molar refractivity (Wildman–Crippen MR) is 308 cm³/mol. The molecule has 5 rings (SSSR count). The van der Waals surface area contributed by atoms with Gasteiger partial charge in [0.05, 0.1) is 0 Å². The summed E-state index contributed by atoms with van der Waals surface area (Å²) in [5.41, 5.74) is 5.77. The number of rotatable bonds is 6. The number of nitrogens with zero attached hydrogens (tertiary/aromatic N) is 4. The zero-order valence-electron chi connectivity index (χ0n) is 49.1. The number of carbonyl (C=O) groups excluding carboxylic acids is 1. The summed E-state index contributed by atoms with van der Waals surface area (Å²) in [7, 11) is 0. The van der Waals surface area contributed by atoms with Gasteiger partial charge in [-0.25, -0.2) is 0 Å². The molecule has 68 heavy (non-hydrogen) atoms. The minimum absolute atomic E-state index is 0. The first-order valence-electron chi connectivity index (χ1n) is 27.3. The van der Waals surface area contributed by atoms with Gasteiger partial charge in [0, 0.05) is 27.7 Å². The van der Waals surface area contributed by atoms with Gasteiger partial charge in [0.25, 0.3) is 0 Å². The van der Waals surface area contributed by atoms with Crippen molar-refractivity contribution in [1.82, 2.24) is 19.6 Å². The molecule has 0 radical (unpaired) electrons. The molecule has 2 aromatic rings. The largest absolute Gasteiger partial charge is 0.299 e. The van der Waals surface area contributed by atoms with E-state index >= 15 is 0 Å². The normalized spacial score (nSPS) is 17.1. The summed E-state index contributed by atoms with van der Waals surface area (Å²) in [6.45, 7) is 59.5. The van der Waals surface area contributed by atoms with Crippen LogP contribution in [0, 0.1) is 16.7 Å². The fourth-order valence-corrected chi connectivity index (χ4v) is 8.83. The van der Waals surface area contributed by atoms with Crippen LogP contribution in [0.5, 0.6) is 0 Å². The van der Waals surface area contributed by atoms with Gasteiger partial charge in [-0.15, -0.1) is 0 Å². The van der Waals surface area contributed by atoms with Crippen molar-refractivity contribution in [3.05, 3.63) is 71.3 Å². The molecular weight excluding hydrogens is 829 g/mol. The molecule has 0 aliphatic carbocycles. The molecule has 0 unspecified atom stereocenters. The number of hydrogen-bond donors (Lipinski definition) is 0. The zero-order chi connectivity index (χ0) is 51.7. The number of benzene rings is 2. The Labute approximate surface area is 427 Å². The lowest BCUT2D eigenvalue weighted by Gasteiger charge is -2.40. The Bertz CT molecular complexity index is 1510. The van der Waals surface area contributed by atoms with E-state index in [1.165, 1.54) is 121 Å². The summed E-state index contributed by atoms with van der Waals surface area (Å²) < 4.78 is 0. The van der Waals surface area contributed by atoms with Crippen molar-refractivity contribution in [3.63, 3.8) is 0 Å². The van der Waals surface area contributed by atoms with Crippen molar-refractivity contribution >= 4 is 5.78 Å². The lowest BCUT2D eigenvalue weighted by atomic mass is 9.87. The third kappa shape index (κ3) is 34.3. The van der Waals surface area contributed by atoms with Gasteiger partial charge in [0.2, 0.25) is 0 Å². The second kappa shape index (κ2) is 32.8. The van der Waals surface area contributed by atoms with Gasteiger partial charge < -0.3 is 0 Å². The van der Waals surface area contributed by atoms with Crippen molar-refractivity contribution in [3.8, 4) is 0 Å². The number of ketones is 1. The van der Waals surface area contributed by atoms with Crippen LogP contribution in [0.1, 0.15) is 245 Å². The Morgan fingerprint density at radius 1 is 0.529 bits per heavy atom. The van der Waals surface area contributed by atoms with E-state index in [0.717, 1.165) is 31.0 Å². The van der Waals surface area contributed by atoms with Crippen molar-refractivity contribution in [2.75, 3.05) is 52.4 Å². The molecule has 0 N–H and O–H groups in total. The van der Waals surface area contributed by atoms with Crippen LogP contribution in [0.3, 0.4) is 0 Å². The Morgan fingerprint density at radius 2 is 0.912 bits per heavy atom. The van der Waals surface area contributed by atoms with Crippen LogP contribution in [-0.4, -0.2) is 99.9 Å². The highest BCUT2D eigenvalue weighted by molar-refractivity contribution is 5.94. The first kappa shape index (κ1) is 68.0. The summed E-state index contributed by atoms with van der Waals surface area (Å²) in [4.78, 5) is 21.4. The maximum absolute atomic E-state index is 11.2. The molecule has 0 atom stereocenters. The maximum Gasteiger partial charge on any atom is 0.159 e. The first-order chi connectivity index (χ1) is 30.7. The van der Waals surface area contributed by atoms with Crippen molar-refractivity contribution in [2.45, 2.75) is 259 Å². The van der Waals surface area contributed by atoms with Gasteiger partial charge in [-0.3, -0.25) is 24.4 Å². The minimum atomic E-state index is 0. The molecule has 3 aliphatic rings. The van der Waals surface area contributed by atoms with Crippen molar-refractivity contribution in [1.29, 1.82) is 0 Å². The summed E-state index contributed by atoms with van der Waals surface area (Å²) in [6, 6.07) is 18.6. The van der Waals surface area contributed by atoms with E-state index in [9.17, 15) is 4.79 Å². The molecule has 2 aromatic carbocycles. The third-order valence-corrected chi connectivity index (χ3v) is 13.4. The smallest absolute Gasteiger partial charge is 0.159 e. The molecule has 0 bridgehead atoms. The molecule has 0 aromatic heterocycles. The predicted octanol–water partition coefficient (Wildman–Crippen LogP) is 17.4. The highest BCUT2D eigenvalue weighted by Crippen LogP contribution is 2.25. The Balaban J connectivity index is 0. The number of aryl methyl sites for hydroxylation is 1. The first-order valence-corrected chi connectivity index (χ1v) is 27.3. The van der Waals surface area contributed by atoms with Crippen LogP contribution in [0.4, 0.5) is 0 Å². The highest BCUT2D eigenvalue weighted by Gasteiger charge is 2.25. The average Bonchev–Trinajstić information content (AvgIpc) is 3.52. The van der Waals surface area contributed by atoms with E-state index in [1.807, 2.05) is 18.2 Å². The van der Waals surface area contributed by atoms with Gasteiger partial charge in [-0.1, -0.05) is 138 Å². The second-order valence-electron chi connectivity index (χ2n) is 26.5. The summed E-state index contributed by atoms with van der Waals surface area (Å²) >= 11 is 0. The van der Waals surface area contributed by atoms with E-state index < -0.39 is 0 Å². The Hall–Kier alpha value is -2.05. The topological polar surface area (TPSA) is 30.0 Å². The summed E-state index contributed by atoms with van der Waals surface area (Å²) in [6.07, 6.45) is 16.2. The maximum atomic E-state index is 11.2. The lowest BCUT2D eigenvalue weighted by molar-refractivity contribution is 0.0916. The van der Waals surface area contributed by atoms with E-state index in [-0.39, 0.29) is 18.6 Å². The number of piperidine rings is 2. The second-order valence-corrected chi connectivity index (χ2v) is 26.5. The Morgan fingerprint density at radius 3 is 1.24 bits per heavy atom. The Kier molecular flexibility index (Phi) is 32.8. The van der Waals surface area contributed by atoms with Crippen LogP contribution < -0.4 is 0 Å². The van der Waals surface area contributed by atoms with Gasteiger partial charge in [-0.05, 0) is 234 Å². The lowest BCUT2D eigenvalue weighted by Crippen LogP contribution is -2.45. The van der Waals surface area contributed by atoms with Crippen LogP contribution in [-0.2, 0) is 12.8 Å². The zero-order valence-corrected chi connectivity index (χ0v) is 49.1. The van der Waals surface area contributed by atoms with Gasteiger partial charge >= 0.3 is 0 Å². The average molecular weight is 950 g/mol. The highest BCUT2D eigenvalue weighted by atomic mass is 16.1. The number of hydrogen-bond acceptors (Lipinski definition) is 5. The van der Waals surface area contributed by atoms with Crippen LogP contribution in [0.25, 0.3) is 0 Å². The molecule has 398 valence electrons. The molecule has 3 aliphatic heterocycles. The molecular formula is C63H120N4O. The van der Waals surface area contributed by atoms with E-state index in [4.69, 9.17) is 0 Å². The molecule has 3 saturated heterocycles. The van der Waals surface area contributed by atoms with Crippen molar-refractivity contribution in [2.24, 2.45) is 16.7 Å². The van der Waals surface area contributed by atoms with Crippen LogP contribution in [0.15, 0.2) is 54.6 Å². The van der Waals surface area contributed by atoms with Gasteiger partial charge in [0.15, 0.2) is 5.78 Å². The number of likely N-dealkylation sites (tertiary alicyclic amines) is 3. The molecule has 0 saturated carbocycles. The number of carbonyl (C=O) groups is 1. The monoisotopic (exact) mass is 949 g/mol. The SMILES string of the molecule is C.CC(=O)c1cccc(CC(C)(C)C)c1.CC(C)(C)CCc1ccccc1.CC(C)(C)N1CCCCC1.CC(C)(C)N1CCCCCC1.CC1CCN(C(C)(C)C)CC1.CCN(CC)C(C)(C)C. The van der Waals surface area contributed by atoms with E-state index in [1.54, 1.807) is 6.92 Å². The molecule has 5 heteroatoms. The fraction of sp³-hybridized carbons (Fsp3) is 0.794. The molecule has 3 heterocycles. The molecule has 5 nitrogen and oxygen atoms in total. The van der Waals surface area contributed by atoms with E-state index in [0.29, 0.717) is 27.6 Å². The number of Topliss-reactive ketones (excluding diaryl/α,β-unsaturated/α-hetero) is 1. The fourth-order valence-electron chi connectivity index (χ4n) is 8.83. The molecule has 0 spiro atoms.